The van der Waals surface area contributed by atoms with Gasteiger partial charge in [-0.3, -0.25) is 10.1 Å². The summed E-state index contributed by atoms with van der Waals surface area (Å²) in [6.45, 7) is 2.03. The molecule has 1 unspecified atom stereocenters. The Morgan fingerprint density at radius 2 is 2.15 bits per heavy atom. The second-order valence-electron chi connectivity index (χ2n) is 5.75. The Labute approximate surface area is 153 Å². The van der Waals surface area contributed by atoms with E-state index in [1.807, 2.05) is 14.0 Å². The molecule has 3 rings (SSSR count). The van der Waals surface area contributed by atoms with Crippen LogP contribution in [-0.4, -0.2) is 34.1 Å². The van der Waals surface area contributed by atoms with Gasteiger partial charge in [0.1, 0.15) is 5.82 Å². The number of rotatable bonds is 7. The largest absolute Gasteiger partial charge is 0.339 e. The summed E-state index contributed by atoms with van der Waals surface area (Å²) in [7, 11) is 1.87. The average Bonchev–Trinajstić information content (AvgIpc) is 3.25. The lowest BCUT2D eigenvalue weighted by atomic mass is 10.2. The molecule has 7 nitrogen and oxygen atoms in total. The number of anilines is 1. The van der Waals surface area contributed by atoms with E-state index in [9.17, 15) is 9.18 Å². The molecule has 2 heterocycles. The number of hydrogen-bond donors (Lipinski definition) is 2. The zero-order chi connectivity index (χ0) is 18.5. The Kier molecular flexibility index (Phi) is 5.69. The highest BCUT2D eigenvalue weighted by Gasteiger charge is 2.15. The minimum Gasteiger partial charge on any atom is -0.339 e. The number of thiazole rings is 1. The quantitative estimate of drug-likeness (QED) is 0.659. The van der Waals surface area contributed by atoms with Crippen LogP contribution in [0.15, 0.2) is 34.2 Å². The molecule has 0 aliphatic heterocycles. The lowest BCUT2D eigenvalue weighted by Crippen LogP contribution is -2.24. The van der Waals surface area contributed by atoms with Gasteiger partial charge in [0.15, 0.2) is 11.0 Å². The summed E-state index contributed by atoms with van der Waals surface area (Å²) in [6.07, 6.45) is 1.04. The van der Waals surface area contributed by atoms with E-state index in [2.05, 4.69) is 25.8 Å². The lowest BCUT2D eigenvalue weighted by Gasteiger charge is -2.04. The number of benzene rings is 1. The first-order valence-corrected chi connectivity index (χ1v) is 8.92. The van der Waals surface area contributed by atoms with Crippen LogP contribution in [0.4, 0.5) is 9.52 Å². The van der Waals surface area contributed by atoms with E-state index >= 15 is 0 Å². The number of amides is 1. The average molecular weight is 375 g/mol. The molecule has 2 aromatic heterocycles. The highest BCUT2D eigenvalue weighted by Crippen LogP contribution is 2.19. The number of hydrogen-bond acceptors (Lipinski definition) is 7. The zero-order valence-corrected chi connectivity index (χ0v) is 15.1. The van der Waals surface area contributed by atoms with Crippen molar-refractivity contribution in [2.75, 3.05) is 12.4 Å². The normalized spacial score (nSPS) is 12.1. The second kappa shape index (κ2) is 8.15. The van der Waals surface area contributed by atoms with E-state index in [4.69, 9.17) is 4.52 Å². The summed E-state index contributed by atoms with van der Waals surface area (Å²) < 4.78 is 18.9. The van der Waals surface area contributed by atoms with Gasteiger partial charge in [-0.2, -0.15) is 4.98 Å². The molecule has 0 saturated carbocycles. The summed E-state index contributed by atoms with van der Waals surface area (Å²) in [5.74, 6) is -0.0214. The van der Waals surface area contributed by atoms with Crippen LogP contribution in [0.1, 0.15) is 34.7 Å². The van der Waals surface area contributed by atoms with Crippen LogP contribution in [-0.2, 0) is 12.8 Å². The molecule has 0 aliphatic carbocycles. The molecule has 1 aromatic carbocycles. The van der Waals surface area contributed by atoms with Crippen LogP contribution in [0.2, 0.25) is 0 Å². The molecule has 9 heteroatoms. The molecule has 0 saturated heterocycles. The van der Waals surface area contributed by atoms with Gasteiger partial charge in [-0.05, 0) is 26.1 Å². The molecule has 0 aliphatic rings. The van der Waals surface area contributed by atoms with Gasteiger partial charge in [-0.15, -0.1) is 11.3 Å². The number of nitrogens with one attached hydrogen (secondary N) is 2. The maximum Gasteiger partial charge on any atom is 0.260 e. The van der Waals surface area contributed by atoms with Crippen molar-refractivity contribution in [3.8, 4) is 0 Å². The molecule has 136 valence electrons. The Bertz CT molecular complexity index is 895. The maximum absolute atomic E-state index is 13.6. The van der Waals surface area contributed by atoms with Crippen LogP contribution < -0.4 is 10.6 Å². The molecular weight excluding hydrogens is 357 g/mol. The van der Waals surface area contributed by atoms with Gasteiger partial charge in [0.25, 0.3) is 5.91 Å². The SMILES string of the molecule is CNC(C)Cc1noc(Cc2csc(NC(=O)c3ccccc3F)n2)n1. The van der Waals surface area contributed by atoms with Gasteiger partial charge >= 0.3 is 0 Å². The third kappa shape index (κ3) is 4.50. The van der Waals surface area contributed by atoms with Crippen molar-refractivity contribution in [1.29, 1.82) is 0 Å². The number of carbonyl (C=O) groups is 1. The van der Waals surface area contributed by atoms with Crippen LogP contribution in [0.5, 0.6) is 0 Å². The van der Waals surface area contributed by atoms with Crippen LogP contribution in [0, 0.1) is 5.82 Å². The van der Waals surface area contributed by atoms with Crippen LogP contribution >= 0.6 is 11.3 Å². The summed E-state index contributed by atoms with van der Waals surface area (Å²) in [5, 5.41) is 11.8. The van der Waals surface area contributed by atoms with Gasteiger partial charge < -0.3 is 9.84 Å². The van der Waals surface area contributed by atoms with Gasteiger partial charge in [0.2, 0.25) is 5.89 Å². The molecule has 0 fully saturated rings. The monoisotopic (exact) mass is 375 g/mol. The van der Waals surface area contributed by atoms with Gasteiger partial charge in [0, 0.05) is 17.8 Å². The predicted octanol–water partition coefficient (Wildman–Crippen LogP) is 2.66. The maximum atomic E-state index is 13.6. The molecule has 0 bridgehead atoms. The minimum atomic E-state index is -0.573. The number of likely N-dealkylation sites (N-methyl/N-ethyl adjacent to an activating group) is 1. The van der Waals surface area contributed by atoms with Crippen LogP contribution in [0.3, 0.4) is 0 Å². The van der Waals surface area contributed by atoms with Gasteiger partial charge in [-0.25, -0.2) is 9.37 Å². The van der Waals surface area contributed by atoms with Gasteiger partial charge in [0.05, 0.1) is 17.7 Å². The third-order valence-corrected chi connectivity index (χ3v) is 4.52. The highest BCUT2D eigenvalue weighted by atomic mass is 32.1. The summed E-state index contributed by atoms with van der Waals surface area (Å²) in [6, 6.07) is 6.05. The molecule has 2 N–H and O–H groups in total. The van der Waals surface area contributed by atoms with E-state index in [0.29, 0.717) is 35.4 Å². The topological polar surface area (TPSA) is 92.9 Å². The third-order valence-electron chi connectivity index (χ3n) is 3.71. The van der Waals surface area contributed by atoms with Crippen molar-refractivity contribution in [2.24, 2.45) is 0 Å². The Morgan fingerprint density at radius 3 is 2.92 bits per heavy atom. The van der Waals surface area contributed by atoms with Crippen molar-refractivity contribution >= 4 is 22.4 Å². The number of carbonyl (C=O) groups excluding carboxylic acids is 1. The highest BCUT2D eigenvalue weighted by molar-refractivity contribution is 7.14. The fourth-order valence-electron chi connectivity index (χ4n) is 2.23. The van der Waals surface area contributed by atoms with E-state index < -0.39 is 11.7 Å². The van der Waals surface area contributed by atoms with E-state index in [0.717, 1.165) is 0 Å². The van der Waals surface area contributed by atoms with Crippen molar-refractivity contribution < 1.29 is 13.7 Å². The summed E-state index contributed by atoms with van der Waals surface area (Å²) in [4.78, 5) is 20.7. The lowest BCUT2D eigenvalue weighted by molar-refractivity contribution is 0.102. The molecule has 1 atom stereocenters. The molecular formula is C17H18FN5O2S. The van der Waals surface area contributed by atoms with Crippen molar-refractivity contribution in [3.05, 3.63) is 58.4 Å². The van der Waals surface area contributed by atoms with Gasteiger partial charge in [-0.1, -0.05) is 17.3 Å². The number of halogens is 1. The summed E-state index contributed by atoms with van der Waals surface area (Å²) >= 11 is 1.25. The second-order valence-corrected chi connectivity index (χ2v) is 6.61. The Balaban J connectivity index is 1.61. The van der Waals surface area contributed by atoms with Crippen LogP contribution in [0.25, 0.3) is 0 Å². The van der Waals surface area contributed by atoms with E-state index in [1.165, 1.54) is 29.5 Å². The first-order chi connectivity index (χ1) is 12.5. The number of aromatic nitrogens is 3. The van der Waals surface area contributed by atoms with E-state index in [1.54, 1.807) is 11.4 Å². The van der Waals surface area contributed by atoms with Crippen molar-refractivity contribution in [3.63, 3.8) is 0 Å². The molecule has 3 aromatic rings. The fourth-order valence-corrected chi connectivity index (χ4v) is 2.94. The van der Waals surface area contributed by atoms with E-state index in [-0.39, 0.29) is 11.6 Å². The smallest absolute Gasteiger partial charge is 0.260 e. The molecule has 26 heavy (non-hydrogen) atoms. The first kappa shape index (κ1) is 18.2. The summed E-state index contributed by atoms with van der Waals surface area (Å²) in [5.41, 5.74) is 0.667. The van der Waals surface area contributed by atoms with Crippen molar-refractivity contribution in [1.82, 2.24) is 20.4 Å². The number of nitrogens with zero attached hydrogens (tertiary/aromatic N) is 3. The predicted molar refractivity (Wildman–Crippen MR) is 95.8 cm³/mol. The first-order valence-electron chi connectivity index (χ1n) is 8.04. The minimum absolute atomic E-state index is 0.0237. The molecule has 0 radical (unpaired) electrons. The van der Waals surface area contributed by atoms with Crippen molar-refractivity contribution in [2.45, 2.75) is 25.8 Å². The standard InChI is InChI=1S/C17H18FN5O2S/c1-10(19-2)7-14-21-15(25-23-14)8-11-9-26-17(20-11)22-16(24)12-5-3-4-6-13(12)18/h3-6,9-10,19H,7-8H2,1-2H3,(H,20,22,24). The fraction of sp³-hybridized carbons (Fsp3) is 0.294. The Morgan fingerprint density at radius 1 is 1.35 bits per heavy atom. The zero-order valence-electron chi connectivity index (χ0n) is 14.3. The molecule has 0 spiro atoms. The Hall–Kier alpha value is -2.65. The molecule has 1 amide bonds.